The molecule has 0 radical (unpaired) electrons. The number of amides is 2. The molecular weight excluding hydrogens is 222 g/mol. The van der Waals surface area contributed by atoms with Crippen molar-refractivity contribution in [1.29, 1.82) is 0 Å². The molecule has 96 valence electrons. The minimum Gasteiger partial charge on any atom is -0.480 e. The Morgan fingerprint density at radius 2 is 2.06 bits per heavy atom. The molecule has 2 fully saturated rings. The van der Waals surface area contributed by atoms with Gasteiger partial charge >= 0.3 is 12.0 Å². The van der Waals surface area contributed by atoms with Crippen molar-refractivity contribution in [1.82, 2.24) is 15.5 Å². The lowest BCUT2D eigenvalue weighted by atomic mass is 10.3. The fourth-order valence-corrected chi connectivity index (χ4v) is 2.16. The van der Waals surface area contributed by atoms with E-state index in [1.807, 2.05) is 0 Å². The highest BCUT2D eigenvalue weighted by atomic mass is 16.4. The van der Waals surface area contributed by atoms with Crippen LogP contribution >= 0.6 is 0 Å². The van der Waals surface area contributed by atoms with Crippen LogP contribution in [0.4, 0.5) is 4.79 Å². The molecule has 1 unspecified atom stereocenters. The average Bonchev–Trinajstić information content (AvgIpc) is 3.00. The Balaban J connectivity index is 1.70. The van der Waals surface area contributed by atoms with Crippen LogP contribution < -0.4 is 10.6 Å². The summed E-state index contributed by atoms with van der Waals surface area (Å²) in [5.74, 6) is -1.02. The molecule has 1 aliphatic carbocycles. The maximum absolute atomic E-state index is 11.5. The van der Waals surface area contributed by atoms with E-state index in [-0.39, 0.29) is 12.1 Å². The molecule has 0 aromatic rings. The van der Waals surface area contributed by atoms with Crippen molar-refractivity contribution in [3.63, 3.8) is 0 Å². The van der Waals surface area contributed by atoms with Crippen molar-refractivity contribution in [3.05, 3.63) is 0 Å². The van der Waals surface area contributed by atoms with E-state index in [0.29, 0.717) is 0 Å². The maximum Gasteiger partial charge on any atom is 0.325 e. The molecule has 0 spiro atoms. The van der Waals surface area contributed by atoms with Gasteiger partial charge in [0, 0.05) is 25.2 Å². The number of likely N-dealkylation sites (tertiary alicyclic amines) is 1. The Hall–Kier alpha value is -1.30. The summed E-state index contributed by atoms with van der Waals surface area (Å²) in [6.45, 7) is 3.37. The molecule has 2 atom stereocenters. The van der Waals surface area contributed by atoms with Crippen LogP contribution in [-0.2, 0) is 4.79 Å². The first kappa shape index (κ1) is 12.2. The number of carboxylic acid groups (broad SMARTS) is 1. The minimum absolute atomic E-state index is 0.150. The number of carbonyl (C=O) groups excluding carboxylic acids is 1. The summed E-state index contributed by atoms with van der Waals surface area (Å²) >= 11 is 0. The van der Waals surface area contributed by atoms with Gasteiger partial charge in [-0.05, 0) is 26.2 Å². The zero-order valence-corrected chi connectivity index (χ0v) is 9.98. The Bertz CT molecular complexity index is 317. The number of hydrogen-bond donors (Lipinski definition) is 3. The Labute approximate surface area is 100 Å². The third-order valence-electron chi connectivity index (χ3n) is 3.34. The summed E-state index contributed by atoms with van der Waals surface area (Å²) < 4.78 is 0. The van der Waals surface area contributed by atoms with Gasteiger partial charge in [0.2, 0.25) is 0 Å². The molecule has 2 amide bonds. The Morgan fingerprint density at radius 1 is 1.35 bits per heavy atom. The number of nitrogens with zero attached hydrogens (tertiary/aromatic N) is 1. The summed E-state index contributed by atoms with van der Waals surface area (Å²) in [7, 11) is 0. The molecule has 17 heavy (non-hydrogen) atoms. The standard InChI is InChI=1S/C11H19N3O3/c1-7(10(15)16)12-11(17)13-8-4-5-14(6-8)9-2-3-9/h7-9H,2-6H2,1H3,(H,15,16)(H2,12,13,17)/t7-,8?/m1/s1. The van der Waals surface area contributed by atoms with Gasteiger partial charge in [0.05, 0.1) is 0 Å². The van der Waals surface area contributed by atoms with Crippen LogP contribution in [0.3, 0.4) is 0 Å². The molecule has 0 aromatic heterocycles. The van der Waals surface area contributed by atoms with Gasteiger partial charge in [-0.15, -0.1) is 0 Å². The fourth-order valence-electron chi connectivity index (χ4n) is 2.16. The molecule has 0 bridgehead atoms. The predicted octanol–water partition coefficient (Wildman–Crippen LogP) is -0.00460. The van der Waals surface area contributed by atoms with Crippen LogP contribution in [-0.4, -0.2) is 53.2 Å². The highest BCUT2D eigenvalue weighted by molar-refractivity contribution is 5.82. The van der Waals surface area contributed by atoms with Crippen molar-refractivity contribution in [2.45, 2.75) is 44.3 Å². The van der Waals surface area contributed by atoms with Gasteiger partial charge < -0.3 is 15.7 Å². The summed E-state index contributed by atoms with van der Waals surface area (Å²) in [5.41, 5.74) is 0. The fraction of sp³-hybridized carbons (Fsp3) is 0.818. The van der Waals surface area contributed by atoms with E-state index < -0.39 is 12.0 Å². The maximum atomic E-state index is 11.5. The normalized spacial score (nSPS) is 26.5. The monoisotopic (exact) mass is 241 g/mol. The van der Waals surface area contributed by atoms with Gasteiger partial charge in [-0.1, -0.05) is 0 Å². The van der Waals surface area contributed by atoms with Crippen LogP contribution in [0.2, 0.25) is 0 Å². The summed E-state index contributed by atoms with van der Waals surface area (Å²) in [5, 5.41) is 13.9. The largest absolute Gasteiger partial charge is 0.480 e. The zero-order chi connectivity index (χ0) is 12.4. The molecule has 3 N–H and O–H groups in total. The molecule has 1 saturated carbocycles. The summed E-state index contributed by atoms with van der Waals surface area (Å²) in [4.78, 5) is 24.5. The SMILES string of the molecule is C[C@@H](NC(=O)NC1CCN(C2CC2)C1)C(=O)O. The van der Waals surface area contributed by atoms with E-state index in [2.05, 4.69) is 15.5 Å². The number of hydrogen-bond acceptors (Lipinski definition) is 3. The summed E-state index contributed by atoms with van der Waals surface area (Å²) in [6.07, 6.45) is 3.50. The highest BCUT2D eigenvalue weighted by Crippen LogP contribution is 2.29. The van der Waals surface area contributed by atoms with E-state index in [4.69, 9.17) is 5.11 Å². The average molecular weight is 241 g/mol. The van der Waals surface area contributed by atoms with Gasteiger partial charge in [0.1, 0.15) is 6.04 Å². The second-order valence-electron chi connectivity index (χ2n) is 4.89. The third kappa shape index (κ3) is 3.33. The third-order valence-corrected chi connectivity index (χ3v) is 3.34. The van der Waals surface area contributed by atoms with Crippen molar-refractivity contribution in [3.8, 4) is 0 Å². The van der Waals surface area contributed by atoms with E-state index in [9.17, 15) is 9.59 Å². The number of nitrogens with one attached hydrogen (secondary N) is 2. The van der Waals surface area contributed by atoms with E-state index in [0.717, 1.165) is 25.6 Å². The van der Waals surface area contributed by atoms with Crippen molar-refractivity contribution < 1.29 is 14.7 Å². The number of carboxylic acids is 1. The van der Waals surface area contributed by atoms with Crippen molar-refractivity contribution in [2.75, 3.05) is 13.1 Å². The Kier molecular flexibility index (Phi) is 3.51. The van der Waals surface area contributed by atoms with Crippen LogP contribution in [0.5, 0.6) is 0 Å². The number of aliphatic carboxylic acids is 1. The second-order valence-corrected chi connectivity index (χ2v) is 4.89. The highest BCUT2D eigenvalue weighted by Gasteiger charge is 2.34. The first-order valence-corrected chi connectivity index (χ1v) is 6.10. The molecular formula is C11H19N3O3. The van der Waals surface area contributed by atoms with Crippen molar-refractivity contribution in [2.24, 2.45) is 0 Å². The molecule has 6 nitrogen and oxygen atoms in total. The lowest BCUT2D eigenvalue weighted by Crippen LogP contribution is -2.48. The first-order valence-electron chi connectivity index (χ1n) is 6.10. The van der Waals surface area contributed by atoms with Crippen LogP contribution in [0, 0.1) is 0 Å². The molecule has 1 saturated heterocycles. The van der Waals surface area contributed by atoms with E-state index in [1.54, 1.807) is 0 Å². The predicted molar refractivity (Wildman–Crippen MR) is 61.8 cm³/mol. The number of urea groups is 1. The van der Waals surface area contributed by atoms with Gasteiger partial charge in [0.15, 0.2) is 0 Å². The van der Waals surface area contributed by atoms with Gasteiger partial charge in [-0.3, -0.25) is 9.69 Å². The summed E-state index contributed by atoms with van der Waals surface area (Å²) in [6, 6.07) is -0.363. The molecule has 2 aliphatic rings. The lowest BCUT2D eigenvalue weighted by Gasteiger charge is -2.17. The minimum atomic E-state index is -1.02. The van der Waals surface area contributed by atoms with Gasteiger partial charge in [-0.25, -0.2) is 4.79 Å². The molecule has 1 heterocycles. The topological polar surface area (TPSA) is 81.7 Å². The second kappa shape index (κ2) is 4.91. The molecule has 6 heteroatoms. The quantitative estimate of drug-likeness (QED) is 0.647. The first-order chi connectivity index (χ1) is 8.06. The van der Waals surface area contributed by atoms with Crippen LogP contribution in [0.1, 0.15) is 26.2 Å². The van der Waals surface area contributed by atoms with Crippen LogP contribution in [0.25, 0.3) is 0 Å². The molecule has 1 aliphatic heterocycles. The Morgan fingerprint density at radius 3 is 2.65 bits per heavy atom. The zero-order valence-electron chi connectivity index (χ0n) is 9.98. The number of rotatable bonds is 4. The lowest BCUT2D eigenvalue weighted by molar-refractivity contribution is -0.138. The number of carbonyl (C=O) groups is 2. The van der Waals surface area contributed by atoms with Gasteiger partial charge in [0.25, 0.3) is 0 Å². The van der Waals surface area contributed by atoms with Crippen molar-refractivity contribution >= 4 is 12.0 Å². The van der Waals surface area contributed by atoms with E-state index >= 15 is 0 Å². The smallest absolute Gasteiger partial charge is 0.325 e. The molecule has 2 rings (SSSR count). The van der Waals surface area contributed by atoms with E-state index in [1.165, 1.54) is 19.8 Å². The van der Waals surface area contributed by atoms with Gasteiger partial charge in [-0.2, -0.15) is 0 Å². The van der Waals surface area contributed by atoms with Crippen LogP contribution in [0.15, 0.2) is 0 Å². The molecule has 0 aromatic carbocycles.